The molecule has 110 valence electrons. The molecule has 0 spiro atoms. The van der Waals surface area contributed by atoms with Crippen LogP contribution >= 0.6 is 11.8 Å². The van der Waals surface area contributed by atoms with Crippen LogP contribution in [0.1, 0.15) is 18.3 Å². The van der Waals surface area contributed by atoms with Crippen molar-refractivity contribution >= 4 is 22.7 Å². The molecule has 21 heavy (non-hydrogen) atoms. The number of imidazole rings is 1. The fourth-order valence-electron chi connectivity index (χ4n) is 2.38. The van der Waals surface area contributed by atoms with Gasteiger partial charge in [-0.25, -0.2) is 4.98 Å². The molecule has 3 aromatic rings. The van der Waals surface area contributed by atoms with Crippen LogP contribution in [0, 0.1) is 0 Å². The summed E-state index contributed by atoms with van der Waals surface area (Å²) < 4.78 is 3.95. The number of aryl methyl sites for hydroxylation is 1. The molecule has 0 aliphatic heterocycles. The Morgan fingerprint density at radius 3 is 2.81 bits per heavy atom. The molecule has 2 heterocycles. The standard InChI is InChI=1S/C15H18N4OS/c1-3-19-14-7-5-4-6-12(14)13(17-19)10-21-15-16-8-11(9-20)18(15)2/h4-8,20H,3,9-10H2,1-2H3. The lowest BCUT2D eigenvalue weighted by Crippen LogP contribution is -1.98. The van der Waals surface area contributed by atoms with Gasteiger partial charge in [0.2, 0.25) is 0 Å². The van der Waals surface area contributed by atoms with Gasteiger partial charge >= 0.3 is 0 Å². The van der Waals surface area contributed by atoms with Gasteiger partial charge in [-0.15, -0.1) is 0 Å². The zero-order valence-corrected chi connectivity index (χ0v) is 13.0. The van der Waals surface area contributed by atoms with Crippen LogP contribution in [0.4, 0.5) is 0 Å². The van der Waals surface area contributed by atoms with E-state index in [-0.39, 0.29) is 6.61 Å². The zero-order valence-electron chi connectivity index (χ0n) is 12.2. The van der Waals surface area contributed by atoms with Crippen LogP contribution in [0.2, 0.25) is 0 Å². The van der Waals surface area contributed by atoms with Gasteiger partial charge in [-0.2, -0.15) is 5.10 Å². The van der Waals surface area contributed by atoms with Gasteiger partial charge < -0.3 is 9.67 Å². The van der Waals surface area contributed by atoms with E-state index in [1.54, 1.807) is 18.0 Å². The highest BCUT2D eigenvalue weighted by molar-refractivity contribution is 7.98. The summed E-state index contributed by atoms with van der Waals surface area (Å²) in [5.74, 6) is 0.767. The van der Waals surface area contributed by atoms with Crippen molar-refractivity contribution in [2.45, 2.75) is 31.0 Å². The number of aromatic nitrogens is 4. The molecule has 0 atom stereocenters. The second-order valence-electron chi connectivity index (χ2n) is 4.82. The average Bonchev–Trinajstić information content (AvgIpc) is 3.06. The number of hydrogen-bond donors (Lipinski definition) is 1. The van der Waals surface area contributed by atoms with Crippen molar-refractivity contribution in [3.05, 3.63) is 41.9 Å². The molecule has 0 fully saturated rings. The molecular weight excluding hydrogens is 284 g/mol. The minimum absolute atomic E-state index is 0.0114. The molecule has 1 N–H and O–H groups in total. The zero-order chi connectivity index (χ0) is 14.8. The Hall–Kier alpha value is -1.79. The molecule has 0 amide bonds. The highest BCUT2D eigenvalue weighted by Crippen LogP contribution is 2.26. The molecular formula is C15H18N4OS. The lowest BCUT2D eigenvalue weighted by Gasteiger charge is -2.02. The Morgan fingerprint density at radius 1 is 1.29 bits per heavy atom. The number of rotatable bonds is 5. The minimum Gasteiger partial charge on any atom is -0.390 e. The predicted octanol–water partition coefficient (Wildman–Crippen LogP) is 2.57. The molecule has 0 saturated heterocycles. The molecule has 2 aromatic heterocycles. The summed E-state index contributed by atoms with van der Waals surface area (Å²) in [6, 6.07) is 8.30. The van der Waals surface area contributed by atoms with Crippen molar-refractivity contribution in [2.24, 2.45) is 7.05 Å². The number of aliphatic hydroxyl groups is 1. The van der Waals surface area contributed by atoms with E-state index >= 15 is 0 Å². The fourth-order valence-corrected chi connectivity index (χ4v) is 3.30. The first-order valence-electron chi connectivity index (χ1n) is 6.93. The number of hydrogen-bond acceptors (Lipinski definition) is 4. The molecule has 3 rings (SSSR count). The van der Waals surface area contributed by atoms with Crippen LogP contribution in [-0.2, 0) is 26.0 Å². The van der Waals surface area contributed by atoms with Gasteiger partial charge in [0.05, 0.1) is 29.7 Å². The Bertz CT molecular complexity index is 762. The predicted molar refractivity (Wildman–Crippen MR) is 84.1 cm³/mol. The largest absolute Gasteiger partial charge is 0.390 e. The molecule has 5 nitrogen and oxygen atoms in total. The quantitative estimate of drug-likeness (QED) is 0.736. The number of fused-ring (bicyclic) bond motifs is 1. The van der Waals surface area contributed by atoms with Crippen molar-refractivity contribution in [1.82, 2.24) is 19.3 Å². The Kier molecular flexibility index (Phi) is 3.98. The summed E-state index contributed by atoms with van der Waals surface area (Å²) in [6.45, 7) is 2.97. The van der Waals surface area contributed by atoms with Crippen LogP contribution in [0.15, 0.2) is 35.6 Å². The van der Waals surface area contributed by atoms with Crippen molar-refractivity contribution < 1.29 is 5.11 Å². The maximum Gasteiger partial charge on any atom is 0.168 e. The summed E-state index contributed by atoms with van der Waals surface area (Å²) in [5, 5.41) is 16.0. The lowest BCUT2D eigenvalue weighted by molar-refractivity contribution is 0.271. The first-order valence-corrected chi connectivity index (χ1v) is 7.91. The smallest absolute Gasteiger partial charge is 0.168 e. The lowest BCUT2D eigenvalue weighted by atomic mass is 10.2. The highest BCUT2D eigenvalue weighted by Gasteiger charge is 2.12. The van der Waals surface area contributed by atoms with E-state index in [4.69, 9.17) is 0 Å². The first kappa shape index (κ1) is 14.2. The normalized spacial score (nSPS) is 11.4. The van der Waals surface area contributed by atoms with Crippen molar-refractivity contribution in [3.63, 3.8) is 0 Å². The van der Waals surface area contributed by atoms with Gasteiger partial charge in [-0.1, -0.05) is 30.0 Å². The van der Waals surface area contributed by atoms with Crippen molar-refractivity contribution in [1.29, 1.82) is 0 Å². The van der Waals surface area contributed by atoms with Crippen LogP contribution in [0.3, 0.4) is 0 Å². The summed E-state index contributed by atoms with van der Waals surface area (Å²) in [4.78, 5) is 4.34. The fraction of sp³-hybridized carbons (Fsp3) is 0.333. The Balaban J connectivity index is 1.86. The molecule has 6 heteroatoms. The summed E-state index contributed by atoms with van der Waals surface area (Å²) in [5.41, 5.74) is 3.07. The van der Waals surface area contributed by atoms with Gasteiger partial charge in [0.1, 0.15) is 0 Å². The maximum atomic E-state index is 9.21. The SMILES string of the molecule is CCn1nc(CSc2ncc(CO)n2C)c2ccccc21. The minimum atomic E-state index is 0.0114. The summed E-state index contributed by atoms with van der Waals surface area (Å²) in [6.07, 6.45) is 1.71. The van der Waals surface area contributed by atoms with E-state index in [2.05, 4.69) is 29.1 Å². The second-order valence-corrected chi connectivity index (χ2v) is 5.76. The van der Waals surface area contributed by atoms with Crippen LogP contribution in [-0.4, -0.2) is 24.4 Å². The number of para-hydroxylation sites is 1. The third-order valence-electron chi connectivity index (χ3n) is 3.58. The number of thioether (sulfide) groups is 1. The molecule has 1 aromatic carbocycles. The topological polar surface area (TPSA) is 55.9 Å². The number of aliphatic hydroxyl groups excluding tert-OH is 1. The molecule has 0 saturated carbocycles. The van der Waals surface area contributed by atoms with E-state index in [0.717, 1.165) is 28.8 Å². The maximum absolute atomic E-state index is 9.21. The first-order chi connectivity index (χ1) is 10.2. The monoisotopic (exact) mass is 302 g/mol. The van der Waals surface area contributed by atoms with E-state index in [9.17, 15) is 5.11 Å². The van der Waals surface area contributed by atoms with E-state index in [1.165, 1.54) is 10.9 Å². The van der Waals surface area contributed by atoms with Gasteiger partial charge in [-0.05, 0) is 13.0 Å². The van der Waals surface area contributed by atoms with E-state index < -0.39 is 0 Å². The third-order valence-corrected chi connectivity index (χ3v) is 4.63. The Labute approximate surface area is 127 Å². The second kappa shape index (κ2) is 5.91. The highest BCUT2D eigenvalue weighted by atomic mass is 32.2. The molecule has 0 radical (unpaired) electrons. The van der Waals surface area contributed by atoms with Crippen molar-refractivity contribution in [2.75, 3.05) is 0 Å². The van der Waals surface area contributed by atoms with E-state index in [0.29, 0.717) is 0 Å². The van der Waals surface area contributed by atoms with Gasteiger partial charge in [0, 0.05) is 24.7 Å². The van der Waals surface area contributed by atoms with Gasteiger partial charge in [0.25, 0.3) is 0 Å². The molecule has 0 aliphatic carbocycles. The van der Waals surface area contributed by atoms with E-state index in [1.807, 2.05) is 28.4 Å². The average molecular weight is 302 g/mol. The number of benzene rings is 1. The van der Waals surface area contributed by atoms with Gasteiger partial charge in [0.15, 0.2) is 5.16 Å². The summed E-state index contributed by atoms with van der Waals surface area (Å²) >= 11 is 1.64. The number of nitrogens with zero attached hydrogens (tertiary/aromatic N) is 4. The third kappa shape index (κ3) is 2.56. The molecule has 0 unspecified atom stereocenters. The molecule has 0 aliphatic rings. The van der Waals surface area contributed by atoms with Gasteiger partial charge in [-0.3, -0.25) is 4.68 Å². The van der Waals surface area contributed by atoms with Crippen LogP contribution in [0.25, 0.3) is 10.9 Å². The van der Waals surface area contributed by atoms with Crippen molar-refractivity contribution in [3.8, 4) is 0 Å². The van der Waals surface area contributed by atoms with Crippen LogP contribution < -0.4 is 0 Å². The van der Waals surface area contributed by atoms with Crippen LogP contribution in [0.5, 0.6) is 0 Å². The Morgan fingerprint density at radius 2 is 2.10 bits per heavy atom. The molecule has 0 bridgehead atoms. The summed E-state index contributed by atoms with van der Waals surface area (Å²) in [7, 11) is 1.92.